The fourth-order valence-corrected chi connectivity index (χ4v) is 2.46. The van der Waals surface area contributed by atoms with Crippen LogP contribution >= 0.6 is 0 Å². The number of anilines is 1. The van der Waals surface area contributed by atoms with Gasteiger partial charge in [0.05, 0.1) is 0 Å². The molecule has 0 aromatic heterocycles. The maximum absolute atomic E-state index is 13.2. The van der Waals surface area contributed by atoms with Crippen molar-refractivity contribution in [3.63, 3.8) is 0 Å². The molecule has 2 fully saturated rings. The molecule has 0 amide bonds. The lowest BCUT2D eigenvalue weighted by atomic mass is 10.1. The monoisotopic (exact) mass is 219 g/mol. The first-order valence-corrected chi connectivity index (χ1v) is 6.27. The molecule has 1 nitrogen and oxygen atoms in total. The van der Waals surface area contributed by atoms with E-state index in [-0.39, 0.29) is 5.82 Å². The molecule has 2 aliphatic carbocycles. The summed E-state index contributed by atoms with van der Waals surface area (Å²) in [5.41, 5.74) is 1.82. The van der Waals surface area contributed by atoms with Crippen LogP contribution in [-0.2, 0) is 0 Å². The van der Waals surface area contributed by atoms with E-state index in [1.807, 2.05) is 19.1 Å². The fraction of sp³-hybridized carbons (Fsp3) is 0.571. The van der Waals surface area contributed by atoms with Crippen LogP contribution in [0.15, 0.2) is 18.2 Å². The van der Waals surface area contributed by atoms with Crippen molar-refractivity contribution in [3.8, 4) is 0 Å². The van der Waals surface area contributed by atoms with Gasteiger partial charge in [0.15, 0.2) is 0 Å². The molecule has 1 aromatic rings. The van der Waals surface area contributed by atoms with Crippen molar-refractivity contribution < 1.29 is 4.39 Å². The number of aryl methyl sites for hydroxylation is 1. The summed E-state index contributed by atoms with van der Waals surface area (Å²) in [6, 6.07) is 5.99. The molecule has 1 aromatic carbocycles. The maximum Gasteiger partial charge on any atom is 0.126 e. The van der Waals surface area contributed by atoms with Crippen LogP contribution in [0.1, 0.15) is 31.2 Å². The summed E-state index contributed by atoms with van der Waals surface area (Å²) < 4.78 is 13.2. The van der Waals surface area contributed by atoms with Crippen LogP contribution in [0, 0.1) is 24.6 Å². The Bertz CT molecular complexity index is 382. The molecule has 0 radical (unpaired) electrons. The summed E-state index contributed by atoms with van der Waals surface area (Å²) in [6.07, 6.45) is 5.48. The van der Waals surface area contributed by atoms with Gasteiger partial charge in [0.2, 0.25) is 0 Å². The summed E-state index contributed by atoms with van der Waals surface area (Å²) in [4.78, 5) is 0. The van der Waals surface area contributed by atoms with Crippen LogP contribution in [-0.4, -0.2) is 6.04 Å². The molecule has 0 saturated heterocycles. The van der Waals surface area contributed by atoms with Crippen molar-refractivity contribution in [2.75, 3.05) is 5.32 Å². The zero-order valence-electron chi connectivity index (χ0n) is 9.67. The van der Waals surface area contributed by atoms with Crippen LogP contribution in [0.2, 0.25) is 0 Å². The Morgan fingerprint density at radius 2 is 1.81 bits per heavy atom. The van der Waals surface area contributed by atoms with Crippen LogP contribution in [0.3, 0.4) is 0 Å². The van der Waals surface area contributed by atoms with E-state index in [0.29, 0.717) is 6.04 Å². The van der Waals surface area contributed by atoms with Crippen molar-refractivity contribution in [2.45, 2.75) is 38.6 Å². The zero-order chi connectivity index (χ0) is 11.1. The summed E-state index contributed by atoms with van der Waals surface area (Å²) in [7, 11) is 0. The molecule has 0 unspecified atom stereocenters. The van der Waals surface area contributed by atoms with Crippen molar-refractivity contribution in [1.82, 2.24) is 0 Å². The van der Waals surface area contributed by atoms with E-state index < -0.39 is 0 Å². The highest BCUT2D eigenvalue weighted by atomic mass is 19.1. The highest BCUT2D eigenvalue weighted by Gasteiger charge is 2.41. The minimum Gasteiger partial charge on any atom is -0.382 e. The van der Waals surface area contributed by atoms with Gasteiger partial charge >= 0.3 is 0 Å². The topological polar surface area (TPSA) is 12.0 Å². The van der Waals surface area contributed by atoms with Crippen molar-refractivity contribution >= 4 is 5.69 Å². The fourth-order valence-electron chi connectivity index (χ4n) is 2.46. The Morgan fingerprint density at radius 3 is 2.31 bits per heavy atom. The van der Waals surface area contributed by atoms with Gasteiger partial charge in [-0.2, -0.15) is 0 Å². The van der Waals surface area contributed by atoms with E-state index in [0.717, 1.165) is 23.1 Å². The first-order valence-electron chi connectivity index (χ1n) is 6.27. The molecule has 2 heteroatoms. The molecule has 0 spiro atoms. The van der Waals surface area contributed by atoms with Crippen LogP contribution in [0.4, 0.5) is 10.1 Å². The SMILES string of the molecule is Cc1cc(NC(C2CC2)C2CC2)ccc1F. The maximum atomic E-state index is 13.2. The summed E-state index contributed by atoms with van der Waals surface area (Å²) in [6.45, 7) is 1.82. The Hall–Kier alpha value is -1.05. The van der Waals surface area contributed by atoms with Gasteiger partial charge in [-0.05, 0) is 68.2 Å². The smallest absolute Gasteiger partial charge is 0.126 e. The third-order valence-electron chi connectivity index (χ3n) is 3.75. The van der Waals surface area contributed by atoms with Gasteiger partial charge in [0.25, 0.3) is 0 Å². The minimum atomic E-state index is -0.111. The van der Waals surface area contributed by atoms with Gasteiger partial charge in [0, 0.05) is 11.7 Å². The zero-order valence-corrected chi connectivity index (χ0v) is 9.67. The largest absolute Gasteiger partial charge is 0.382 e. The molecule has 3 rings (SSSR count). The second kappa shape index (κ2) is 3.76. The second-order valence-corrected chi connectivity index (χ2v) is 5.31. The molecule has 0 atom stereocenters. The van der Waals surface area contributed by atoms with Gasteiger partial charge in [-0.15, -0.1) is 0 Å². The van der Waals surface area contributed by atoms with E-state index in [1.165, 1.54) is 25.7 Å². The molecule has 1 N–H and O–H groups in total. The molecule has 16 heavy (non-hydrogen) atoms. The number of hydrogen-bond donors (Lipinski definition) is 1. The predicted molar refractivity (Wildman–Crippen MR) is 64.0 cm³/mol. The third-order valence-corrected chi connectivity index (χ3v) is 3.75. The molecule has 0 heterocycles. The Morgan fingerprint density at radius 1 is 1.19 bits per heavy atom. The molecular formula is C14H18FN. The Kier molecular flexibility index (Phi) is 2.38. The van der Waals surface area contributed by atoms with Crippen molar-refractivity contribution in [1.29, 1.82) is 0 Å². The highest BCUT2D eigenvalue weighted by Crippen LogP contribution is 2.45. The number of hydrogen-bond acceptors (Lipinski definition) is 1. The summed E-state index contributed by atoms with van der Waals surface area (Å²) >= 11 is 0. The first kappa shape index (κ1) is 10.1. The predicted octanol–water partition coefficient (Wildman–Crippen LogP) is 3.73. The van der Waals surface area contributed by atoms with E-state index in [4.69, 9.17) is 0 Å². The van der Waals surface area contributed by atoms with E-state index in [2.05, 4.69) is 5.32 Å². The lowest BCUT2D eigenvalue weighted by molar-refractivity contribution is 0.567. The molecule has 2 aliphatic rings. The quantitative estimate of drug-likeness (QED) is 0.813. The first-order chi connectivity index (χ1) is 7.74. The minimum absolute atomic E-state index is 0.111. The van der Waals surface area contributed by atoms with E-state index >= 15 is 0 Å². The highest BCUT2D eigenvalue weighted by molar-refractivity contribution is 5.47. The lowest BCUT2D eigenvalue weighted by Gasteiger charge is -2.19. The van der Waals surface area contributed by atoms with Crippen molar-refractivity contribution in [2.24, 2.45) is 11.8 Å². The van der Waals surface area contributed by atoms with Crippen LogP contribution in [0.25, 0.3) is 0 Å². The number of benzene rings is 1. The standard InChI is InChI=1S/C14H18FN/c1-9-8-12(6-7-13(9)15)16-14(10-2-3-10)11-4-5-11/h6-8,10-11,14,16H,2-5H2,1H3. The van der Waals surface area contributed by atoms with E-state index in [1.54, 1.807) is 6.07 Å². The van der Waals surface area contributed by atoms with Crippen molar-refractivity contribution in [3.05, 3.63) is 29.6 Å². The van der Waals surface area contributed by atoms with E-state index in [9.17, 15) is 4.39 Å². The number of halogens is 1. The van der Waals surface area contributed by atoms with Gasteiger partial charge in [0.1, 0.15) is 5.82 Å². The molecule has 0 aliphatic heterocycles. The lowest BCUT2D eigenvalue weighted by Crippen LogP contribution is -2.24. The Labute approximate surface area is 96.1 Å². The van der Waals surface area contributed by atoms with Gasteiger partial charge in [-0.1, -0.05) is 0 Å². The van der Waals surface area contributed by atoms with Gasteiger partial charge < -0.3 is 5.32 Å². The summed E-state index contributed by atoms with van der Waals surface area (Å²) in [5.74, 6) is 1.63. The number of nitrogens with one attached hydrogen (secondary N) is 1. The second-order valence-electron chi connectivity index (χ2n) is 5.31. The van der Waals surface area contributed by atoms with Gasteiger partial charge in [-0.3, -0.25) is 0 Å². The molecule has 2 saturated carbocycles. The van der Waals surface area contributed by atoms with Gasteiger partial charge in [-0.25, -0.2) is 4.39 Å². The number of rotatable bonds is 4. The van der Waals surface area contributed by atoms with Crippen LogP contribution in [0.5, 0.6) is 0 Å². The third kappa shape index (κ3) is 2.06. The average Bonchev–Trinajstić information content (AvgIpc) is 3.14. The molecule has 0 bridgehead atoms. The van der Waals surface area contributed by atoms with Crippen LogP contribution < -0.4 is 5.32 Å². The normalized spacial score (nSPS) is 20.2. The molecule has 86 valence electrons. The summed E-state index contributed by atoms with van der Waals surface area (Å²) in [5, 5.41) is 3.60. The molecular weight excluding hydrogens is 201 g/mol. The Balaban J connectivity index is 1.73. The average molecular weight is 219 g/mol.